The average Bonchev–Trinajstić information content (AvgIpc) is 2.08. The predicted molar refractivity (Wildman–Crippen MR) is 59.2 cm³/mol. The molecule has 0 spiro atoms. The van der Waals surface area contributed by atoms with Crippen LogP contribution in [0.15, 0.2) is 28.3 Å². The van der Waals surface area contributed by atoms with Crippen molar-refractivity contribution >= 4 is 6.21 Å². The fourth-order valence-corrected chi connectivity index (χ4v) is 1.24. The zero-order chi connectivity index (χ0) is 9.84. The van der Waals surface area contributed by atoms with E-state index < -0.39 is 0 Å². The third-order valence-corrected chi connectivity index (χ3v) is 2.52. The first kappa shape index (κ1) is 10.2. The van der Waals surface area contributed by atoms with E-state index in [2.05, 4.69) is 44.8 Å². The number of nitrogens with zero attached hydrogens (tertiary/aromatic N) is 1. The normalized spacial score (nSPS) is 23.6. The fraction of sp³-hybridized carbons (Fsp3) is 0.583. The van der Waals surface area contributed by atoms with Crippen LogP contribution in [0.4, 0.5) is 0 Å². The van der Waals surface area contributed by atoms with Crippen LogP contribution in [0.2, 0.25) is 0 Å². The third-order valence-electron chi connectivity index (χ3n) is 2.52. The van der Waals surface area contributed by atoms with Crippen LogP contribution in [0.1, 0.15) is 34.1 Å². The summed E-state index contributed by atoms with van der Waals surface area (Å²) in [6.07, 6.45) is 7.57. The van der Waals surface area contributed by atoms with Gasteiger partial charge in [-0.05, 0) is 31.8 Å². The standard InChI is InChI=1S/C12H19N/c1-9(2)11(4)7-12-6-5-10(3)8-13-12/h5,7-9,12H,6H2,1-4H3/b11-7+. The number of rotatable bonds is 2. The first-order valence-electron chi connectivity index (χ1n) is 4.98. The Balaban J connectivity index is 2.58. The maximum atomic E-state index is 4.46. The molecule has 0 aliphatic carbocycles. The van der Waals surface area contributed by atoms with Crippen molar-refractivity contribution in [1.82, 2.24) is 0 Å². The lowest BCUT2D eigenvalue weighted by atomic mass is 10.00. The summed E-state index contributed by atoms with van der Waals surface area (Å²) in [6.45, 7) is 8.73. The van der Waals surface area contributed by atoms with Crippen molar-refractivity contribution in [2.75, 3.05) is 0 Å². The largest absolute Gasteiger partial charge is 0.285 e. The van der Waals surface area contributed by atoms with E-state index in [0.717, 1.165) is 6.42 Å². The molecule has 0 bridgehead atoms. The van der Waals surface area contributed by atoms with Crippen molar-refractivity contribution in [2.45, 2.75) is 40.2 Å². The SMILES string of the molecule is CC1=CCC(/C=C(\C)C(C)C)N=C1. The molecule has 1 aliphatic heterocycles. The van der Waals surface area contributed by atoms with Crippen LogP contribution in [-0.2, 0) is 0 Å². The summed E-state index contributed by atoms with van der Waals surface area (Å²) in [5, 5.41) is 0. The summed E-state index contributed by atoms with van der Waals surface area (Å²) in [7, 11) is 0. The van der Waals surface area contributed by atoms with E-state index in [1.807, 2.05) is 6.21 Å². The van der Waals surface area contributed by atoms with Gasteiger partial charge in [0.1, 0.15) is 0 Å². The monoisotopic (exact) mass is 177 g/mol. The first-order valence-corrected chi connectivity index (χ1v) is 4.98. The summed E-state index contributed by atoms with van der Waals surface area (Å²) in [5.41, 5.74) is 2.72. The van der Waals surface area contributed by atoms with Gasteiger partial charge in [-0.1, -0.05) is 31.6 Å². The Morgan fingerprint density at radius 3 is 2.77 bits per heavy atom. The molecule has 1 heteroatoms. The summed E-state index contributed by atoms with van der Waals surface area (Å²) >= 11 is 0. The molecule has 0 N–H and O–H groups in total. The first-order chi connectivity index (χ1) is 6.09. The van der Waals surface area contributed by atoms with Gasteiger partial charge in [-0.2, -0.15) is 0 Å². The molecule has 13 heavy (non-hydrogen) atoms. The quantitative estimate of drug-likeness (QED) is 0.573. The van der Waals surface area contributed by atoms with Gasteiger partial charge in [0.2, 0.25) is 0 Å². The highest BCUT2D eigenvalue weighted by atomic mass is 14.8. The third kappa shape index (κ3) is 3.17. The van der Waals surface area contributed by atoms with E-state index in [1.54, 1.807) is 0 Å². The van der Waals surface area contributed by atoms with Crippen molar-refractivity contribution in [3.8, 4) is 0 Å². The van der Waals surface area contributed by atoms with Gasteiger partial charge < -0.3 is 0 Å². The second-order valence-electron chi connectivity index (χ2n) is 4.09. The molecule has 0 radical (unpaired) electrons. The van der Waals surface area contributed by atoms with Gasteiger partial charge in [0, 0.05) is 6.21 Å². The Kier molecular flexibility index (Phi) is 3.47. The Morgan fingerprint density at radius 1 is 1.62 bits per heavy atom. The number of allylic oxidation sites excluding steroid dienone is 2. The van der Waals surface area contributed by atoms with Crippen LogP contribution in [0.3, 0.4) is 0 Å². The Labute approximate surface area is 81.3 Å². The molecule has 0 saturated heterocycles. The highest BCUT2D eigenvalue weighted by Gasteiger charge is 2.06. The maximum Gasteiger partial charge on any atom is 0.0717 e. The topological polar surface area (TPSA) is 12.4 Å². The number of dihydropyridines is 1. The van der Waals surface area contributed by atoms with Crippen molar-refractivity contribution in [3.63, 3.8) is 0 Å². The molecule has 1 aliphatic rings. The van der Waals surface area contributed by atoms with Gasteiger partial charge in [-0.15, -0.1) is 0 Å². The van der Waals surface area contributed by atoms with Gasteiger partial charge in [0.05, 0.1) is 6.04 Å². The number of hydrogen-bond acceptors (Lipinski definition) is 1. The van der Waals surface area contributed by atoms with Gasteiger partial charge in [0.25, 0.3) is 0 Å². The minimum absolute atomic E-state index is 0.381. The zero-order valence-corrected chi connectivity index (χ0v) is 9.04. The van der Waals surface area contributed by atoms with E-state index in [-0.39, 0.29) is 0 Å². The number of hydrogen-bond donors (Lipinski definition) is 0. The molecule has 0 aromatic heterocycles. The van der Waals surface area contributed by atoms with E-state index in [4.69, 9.17) is 0 Å². The average molecular weight is 177 g/mol. The van der Waals surface area contributed by atoms with E-state index in [9.17, 15) is 0 Å². The molecule has 1 atom stereocenters. The molecular weight excluding hydrogens is 158 g/mol. The fourth-order valence-electron chi connectivity index (χ4n) is 1.24. The molecule has 1 nitrogen and oxygen atoms in total. The van der Waals surface area contributed by atoms with E-state index in [0.29, 0.717) is 12.0 Å². The van der Waals surface area contributed by atoms with Crippen molar-refractivity contribution < 1.29 is 0 Å². The smallest absolute Gasteiger partial charge is 0.0717 e. The molecule has 1 rings (SSSR count). The Morgan fingerprint density at radius 2 is 2.31 bits per heavy atom. The summed E-state index contributed by atoms with van der Waals surface area (Å²) in [4.78, 5) is 4.46. The van der Waals surface area contributed by atoms with Crippen molar-refractivity contribution in [3.05, 3.63) is 23.3 Å². The Hall–Kier alpha value is -0.850. The van der Waals surface area contributed by atoms with Gasteiger partial charge in [-0.25, -0.2) is 0 Å². The molecular formula is C12H19N. The molecule has 72 valence electrons. The molecule has 0 aromatic rings. The number of aliphatic imine (C=N–C) groups is 1. The zero-order valence-electron chi connectivity index (χ0n) is 9.04. The van der Waals surface area contributed by atoms with Crippen LogP contribution in [0.5, 0.6) is 0 Å². The van der Waals surface area contributed by atoms with Crippen LogP contribution >= 0.6 is 0 Å². The lowest BCUT2D eigenvalue weighted by Crippen LogP contribution is -2.06. The molecule has 0 saturated carbocycles. The van der Waals surface area contributed by atoms with Crippen LogP contribution in [-0.4, -0.2) is 12.3 Å². The minimum Gasteiger partial charge on any atom is -0.285 e. The molecule has 0 amide bonds. The molecule has 0 fully saturated rings. The van der Waals surface area contributed by atoms with E-state index >= 15 is 0 Å². The van der Waals surface area contributed by atoms with Crippen LogP contribution in [0.25, 0.3) is 0 Å². The van der Waals surface area contributed by atoms with Crippen molar-refractivity contribution in [1.29, 1.82) is 0 Å². The summed E-state index contributed by atoms with van der Waals surface area (Å²) in [5.74, 6) is 0.641. The Bertz CT molecular complexity index is 256. The predicted octanol–water partition coefficient (Wildman–Crippen LogP) is 3.38. The summed E-state index contributed by atoms with van der Waals surface area (Å²) < 4.78 is 0. The molecule has 0 aromatic carbocycles. The highest BCUT2D eigenvalue weighted by Crippen LogP contribution is 2.15. The molecule has 1 unspecified atom stereocenters. The molecule has 1 heterocycles. The second-order valence-corrected chi connectivity index (χ2v) is 4.09. The van der Waals surface area contributed by atoms with Crippen LogP contribution < -0.4 is 0 Å². The maximum absolute atomic E-state index is 4.46. The van der Waals surface area contributed by atoms with Gasteiger partial charge in [0.15, 0.2) is 0 Å². The lowest BCUT2D eigenvalue weighted by Gasteiger charge is -2.13. The highest BCUT2D eigenvalue weighted by molar-refractivity contribution is 5.78. The van der Waals surface area contributed by atoms with Gasteiger partial charge >= 0.3 is 0 Å². The van der Waals surface area contributed by atoms with Gasteiger partial charge in [-0.3, -0.25) is 4.99 Å². The summed E-state index contributed by atoms with van der Waals surface area (Å²) in [6, 6.07) is 0.381. The van der Waals surface area contributed by atoms with Crippen LogP contribution in [0, 0.1) is 5.92 Å². The van der Waals surface area contributed by atoms with E-state index in [1.165, 1.54) is 11.1 Å². The lowest BCUT2D eigenvalue weighted by molar-refractivity contribution is 0.736. The second kappa shape index (κ2) is 4.40. The van der Waals surface area contributed by atoms with Crippen molar-refractivity contribution in [2.24, 2.45) is 10.9 Å². The minimum atomic E-state index is 0.381.